The topological polar surface area (TPSA) is 292 Å². The van der Waals surface area contributed by atoms with Gasteiger partial charge in [-0.3, -0.25) is 48.9 Å². The molecule has 0 atom stereocenters. The van der Waals surface area contributed by atoms with Gasteiger partial charge in [0.15, 0.2) is 61.8 Å². The number of benzene rings is 6. The van der Waals surface area contributed by atoms with E-state index in [1.165, 1.54) is 110 Å². The lowest BCUT2D eigenvalue weighted by molar-refractivity contribution is 0.0975. The summed E-state index contributed by atoms with van der Waals surface area (Å²) in [4.78, 5) is 107. The molecule has 144 heavy (non-hydrogen) atoms. The SMILES string of the molecule is CC1=C(c2ccc(CC(=O)c3c(F)cccc3F)cc2)CN(c2nccs2)CC1.CC1=C(c2ccc(CC(=O)c3ccncc3F)cc2)CN(c2nccs2)CC1.CC1=C(c2ccc(CC(=O)c3ccncc3F)cc2)CN(c2nnn(C)n2)CC1.CC1=C(c2ccc(CC(=O)c3ccncc3F)cc2)CN(c2nnnn2C)CC1.CC1=C(c2cnc(CC(=O)c3c(F)cccc3F)cn2)CN(c2nccs2)CC1. The van der Waals surface area contributed by atoms with Gasteiger partial charge in [0, 0.05) is 158 Å². The van der Waals surface area contributed by atoms with Crippen LogP contribution in [-0.2, 0) is 46.2 Å². The molecule has 0 radical (unpaired) electrons. The number of carbonyl (C=O) groups is 5. The monoisotopic (exact) mass is 2000 g/mol. The highest BCUT2D eigenvalue weighted by Crippen LogP contribution is 2.37. The smallest absolute Gasteiger partial charge is 0.266 e. The van der Waals surface area contributed by atoms with Gasteiger partial charge in [-0.05, 0) is 197 Å². The van der Waals surface area contributed by atoms with Gasteiger partial charge in [0.25, 0.3) is 5.95 Å². The zero-order valence-electron chi connectivity index (χ0n) is 80.0. The van der Waals surface area contributed by atoms with Crippen LogP contribution in [0.15, 0.2) is 264 Å². The first kappa shape index (κ1) is 101. The highest BCUT2D eigenvalue weighted by Gasteiger charge is 2.30. The van der Waals surface area contributed by atoms with Crippen molar-refractivity contribution < 1.29 is 54.7 Å². The van der Waals surface area contributed by atoms with E-state index in [1.807, 2.05) is 121 Å². The van der Waals surface area contributed by atoms with Gasteiger partial charge in [0.2, 0.25) is 5.95 Å². The highest BCUT2D eigenvalue weighted by atomic mass is 32.1. The summed E-state index contributed by atoms with van der Waals surface area (Å²) in [6, 6.07) is 42.5. The molecule has 14 heterocycles. The number of hydrogen-bond donors (Lipinski definition) is 0. The molecule has 5 aliphatic heterocycles. The Morgan fingerprint density at radius 1 is 0.326 bits per heavy atom. The molecule has 15 aromatic rings. The molecular formula is C108H100F7N21O5S3. The fourth-order valence-electron chi connectivity index (χ4n) is 17.4. The molecule has 734 valence electrons. The van der Waals surface area contributed by atoms with E-state index in [9.17, 15) is 54.7 Å². The largest absolute Gasteiger partial charge is 0.343 e. The van der Waals surface area contributed by atoms with Crippen LogP contribution >= 0.6 is 34.0 Å². The Bertz CT molecular complexity index is 7070. The first-order valence-corrected chi connectivity index (χ1v) is 49.2. The van der Waals surface area contributed by atoms with Gasteiger partial charge in [-0.15, -0.1) is 39.1 Å². The van der Waals surface area contributed by atoms with Crippen LogP contribution in [0.4, 0.5) is 58.0 Å². The summed E-state index contributed by atoms with van der Waals surface area (Å²) in [5, 5.41) is 33.0. The molecule has 0 amide bonds. The lowest BCUT2D eigenvalue weighted by atomic mass is 9.93. The number of ketones is 5. The number of nitrogens with zero attached hydrogens (tertiary/aromatic N) is 21. The first-order chi connectivity index (χ1) is 69.7. The predicted octanol–water partition coefficient (Wildman–Crippen LogP) is 20.3. The molecule has 36 heteroatoms. The van der Waals surface area contributed by atoms with Crippen molar-refractivity contribution in [3.63, 3.8) is 0 Å². The summed E-state index contributed by atoms with van der Waals surface area (Å²) in [6.07, 6.45) is 21.0. The Labute approximate surface area is 839 Å². The Hall–Kier alpha value is -15.6. The van der Waals surface area contributed by atoms with E-state index < -0.39 is 63.4 Å². The van der Waals surface area contributed by atoms with Crippen LogP contribution in [0.1, 0.15) is 174 Å². The lowest BCUT2D eigenvalue weighted by Crippen LogP contribution is -2.33. The van der Waals surface area contributed by atoms with Gasteiger partial charge in [-0.25, -0.2) is 50.4 Å². The summed E-state index contributed by atoms with van der Waals surface area (Å²) in [6.45, 7) is 19.0. The molecule has 0 saturated heterocycles. The Kier molecular flexibility index (Phi) is 33.3. The predicted molar refractivity (Wildman–Crippen MR) is 544 cm³/mol. The molecule has 6 aromatic carbocycles. The minimum absolute atomic E-state index is 0.0403. The van der Waals surface area contributed by atoms with Crippen LogP contribution in [0, 0.1) is 40.7 Å². The van der Waals surface area contributed by atoms with Crippen LogP contribution in [0.3, 0.4) is 0 Å². The molecule has 0 bridgehead atoms. The Morgan fingerprint density at radius 2 is 0.660 bits per heavy atom. The van der Waals surface area contributed by atoms with Gasteiger partial charge in [-0.1, -0.05) is 147 Å². The Morgan fingerprint density at radius 3 is 0.986 bits per heavy atom. The van der Waals surface area contributed by atoms with Crippen LogP contribution in [0.25, 0.3) is 27.9 Å². The molecule has 9 aromatic heterocycles. The highest BCUT2D eigenvalue weighted by molar-refractivity contribution is 7.14. The van der Waals surface area contributed by atoms with Crippen molar-refractivity contribution in [1.29, 1.82) is 0 Å². The van der Waals surface area contributed by atoms with Gasteiger partial charge in [0.1, 0.15) is 23.3 Å². The summed E-state index contributed by atoms with van der Waals surface area (Å²) >= 11 is 4.88. The van der Waals surface area contributed by atoms with E-state index in [4.69, 9.17) is 0 Å². The standard InChI is InChI=1S/C23H20F2N2OS.C22H20FN3OS.C21H18F2N4OS.2C21H21FN6O/c1-15-9-11-27(23-26-10-12-29-23)14-18(15)17-7-5-16(6-8-17)13-21(28)22-19(24)3-2-4-20(22)25;1-15-7-10-26(22-25-9-11-28-22)14-19(15)17-4-2-16(3-5-17)12-21(27)18-6-8-24-13-20(18)23;1-13-5-7-27(21-24-6-8-29-21)12-15(13)18-11-25-14(10-26-18)9-19(28)20-16(22)3-2-4-17(20)23;1-14-8-10-28(21-24-25-26-27(21)2)13-18(14)16-5-3-15(4-6-16)11-20(29)17-7-9-23-12-19(17)22;1-14-8-10-28(21-24-26-27(2)25-21)13-18(14)16-5-3-15(4-6-16)11-20(29)17-7-9-23-12-19(17)22/h2-8,10,12H,9,11,13-14H2,1H3;2-6,8-9,11,13H,7,10,12,14H2,1H3;2-4,6,8,10-11H,5,7,9,12H2,1H3;2*3-7,9,12H,8,10-11,13H2,1-2H3. The second-order valence-corrected chi connectivity index (χ2v) is 37.8. The molecule has 0 unspecified atom stereocenters. The number of hydrogen-bond acceptors (Lipinski definition) is 27. The Balaban J connectivity index is 0.000000129. The molecule has 5 aliphatic rings. The summed E-state index contributed by atoms with van der Waals surface area (Å²) in [5.41, 5.74) is 20.8. The molecule has 0 aliphatic carbocycles. The van der Waals surface area contributed by atoms with Crippen molar-refractivity contribution in [3.05, 3.63) is 388 Å². The second-order valence-electron chi connectivity index (χ2n) is 35.2. The maximum absolute atomic E-state index is 13.8. The van der Waals surface area contributed by atoms with E-state index in [1.54, 1.807) is 58.1 Å². The third-order valence-corrected chi connectivity index (χ3v) is 28.1. The lowest BCUT2D eigenvalue weighted by Gasteiger charge is -2.30. The molecule has 26 nitrogen and oxygen atoms in total. The molecule has 0 saturated carbocycles. The van der Waals surface area contributed by atoms with Crippen molar-refractivity contribution in [2.75, 3.05) is 89.9 Å². The van der Waals surface area contributed by atoms with Gasteiger partial charge < -0.3 is 24.5 Å². The van der Waals surface area contributed by atoms with E-state index in [2.05, 4.69) is 142 Å². The summed E-state index contributed by atoms with van der Waals surface area (Å²) in [5.74, 6) is -5.74. The molecule has 0 fully saturated rings. The number of pyridine rings is 3. The third-order valence-electron chi connectivity index (χ3n) is 25.6. The molecule has 20 rings (SSSR count). The molecule has 0 N–H and O–H groups in total. The average Bonchev–Trinajstić information content (AvgIpc) is 1.71. The van der Waals surface area contributed by atoms with Gasteiger partial charge >= 0.3 is 0 Å². The summed E-state index contributed by atoms with van der Waals surface area (Å²) < 4.78 is 98.2. The quantitative estimate of drug-likeness (QED) is 0.0379. The number of thiazole rings is 3. The fraction of sp³-hybridized carbons (Fsp3) is 0.250. The first-order valence-electron chi connectivity index (χ1n) is 46.5. The average molecular weight is 2000 g/mol. The van der Waals surface area contributed by atoms with Crippen LogP contribution in [0.5, 0.6) is 0 Å². The number of halogens is 7. The zero-order valence-corrected chi connectivity index (χ0v) is 82.4. The van der Waals surface area contributed by atoms with E-state index in [0.717, 1.165) is 204 Å². The van der Waals surface area contributed by atoms with E-state index in [-0.39, 0.29) is 66.1 Å². The minimum Gasteiger partial charge on any atom is -0.343 e. The zero-order chi connectivity index (χ0) is 101. The molecule has 0 spiro atoms. The van der Waals surface area contributed by atoms with Crippen LogP contribution in [0.2, 0.25) is 0 Å². The normalized spacial score (nSPS) is 14.4. The number of tetrazole rings is 2. The number of aryl methyl sites for hydroxylation is 2. The maximum atomic E-state index is 13.8. The number of carbonyl (C=O) groups excluding carboxylic acids is 5. The van der Waals surface area contributed by atoms with Crippen molar-refractivity contribution in [1.82, 2.24) is 80.3 Å². The maximum Gasteiger partial charge on any atom is 0.266 e. The minimum atomic E-state index is -0.871. The number of aromatic nitrogens is 16. The van der Waals surface area contributed by atoms with E-state index in [0.29, 0.717) is 24.7 Å². The van der Waals surface area contributed by atoms with Gasteiger partial charge in [0.05, 0.1) is 77.5 Å². The number of Topliss-reactive ketones (excluding diaryl/α,β-unsaturated/α-hetero) is 5. The molecular weight excluding hydrogens is 1900 g/mol. The van der Waals surface area contributed by atoms with E-state index >= 15 is 0 Å². The van der Waals surface area contributed by atoms with Crippen molar-refractivity contribution in [2.24, 2.45) is 14.1 Å². The van der Waals surface area contributed by atoms with Crippen molar-refractivity contribution in [3.8, 4) is 0 Å². The number of rotatable bonds is 25. The van der Waals surface area contributed by atoms with Gasteiger partial charge in [-0.2, -0.15) is 4.80 Å². The van der Waals surface area contributed by atoms with Crippen molar-refractivity contribution >= 4 is 118 Å². The third kappa shape index (κ3) is 25.3. The van der Waals surface area contributed by atoms with Crippen LogP contribution < -0.4 is 24.5 Å². The summed E-state index contributed by atoms with van der Waals surface area (Å²) in [7, 11) is 3.58. The fourth-order valence-corrected chi connectivity index (χ4v) is 19.4. The van der Waals surface area contributed by atoms with Crippen molar-refractivity contribution in [2.45, 2.75) is 98.8 Å². The second kappa shape index (κ2) is 47.3. The van der Waals surface area contributed by atoms with Crippen LogP contribution in [-0.4, -0.2) is 175 Å². The number of anilines is 5.